The minimum atomic E-state index is -4.49. The third-order valence-corrected chi connectivity index (χ3v) is 3.12. The van der Waals surface area contributed by atoms with Gasteiger partial charge in [0.2, 0.25) is 0 Å². The molecule has 2 N–H and O–H groups in total. The van der Waals surface area contributed by atoms with Gasteiger partial charge in [-0.2, -0.15) is 13.2 Å². The van der Waals surface area contributed by atoms with Crippen molar-refractivity contribution in [3.8, 4) is 0 Å². The first-order chi connectivity index (χ1) is 9.77. The number of carbonyl (C=O) groups excluding carboxylic acids is 1. The first-order valence-electron chi connectivity index (χ1n) is 6.23. The Morgan fingerprint density at radius 1 is 1.29 bits per heavy atom. The lowest BCUT2D eigenvalue weighted by atomic mass is 10.1. The smallest absolute Gasteiger partial charge is 0.362 e. The van der Waals surface area contributed by atoms with Gasteiger partial charge >= 0.3 is 6.18 Å². The molecule has 0 radical (unpaired) electrons. The molecule has 1 heterocycles. The number of alkyl halides is 3. The molecule has 7 heteroatoms. The molecule has 0 saturated carbocycles. The Bertz CT molecular complexity index is 633. The fourth-order valence-electron chi connectivity index (χ4n) is 1.77. The molecule has 112 valence electrons. The maximum Gasteiger partial charge on any atom is 0.431 e. The van der Waals surface area contributed by atoms with E-state index in [4.69, 9.17) is 0 Å². The number of amidine groups is 1. The van der Waals surface area contributed by atoms with Crippen LogP contribution in [0.2, 0.25) is 0 Å². The average Bonchev–Trinajstić information content (AvgIpc) is 2.41. The molecule has 21 heavy (non-hydrogen) atoms. The van der Waals surface area contributed by atoms with Crippen molar-refractivity contribution in [1.82, 2.24) is 10.6 Å². The van der Waals surface area contributed by atoms with Gasteiger partial charge in [-0.1, -0.05) is 6.07 Å². The Hall–Kier alpha value is -2.31. The van der Waals surface area contributed by atoms with E-state index in [1.807, 2.05) is 13.8 Å². The standard InChI is InChI=1S/C14H14F3N3O/c1-8-3-4-10(5-9(8)2)13(21)20-12-6-11(14(15,16)17)18-7-19-12/h3-6,18H,7H2,1-2H3,(H,19,20,21). The van der Waals surface area contributed by atoms with Crippen LogP contribution in [0.5, 0.6) is 0 Å². The van der Waals surface area contributed by atoms with E-state index in [-0.39, 0.29) is 12.5 Å². The van der Waals surface area contributed by atoms with Crippen molar-refractivity contribution in [3.05, 3.63) is 46.7 Å². The van der Waals surface area contributed by atoms with Gasteiger partial charge < -0.3 is 10.6 Å². The van der Waals surface area contributed by atoms with Gasteiger partial charge in [0.1, 0.15) is 18.2 Å². The zero-order valence-electron chi connectivity index (χ0n) is 11.5. The van der Waals surface area contributed by atoms with Crippen LogP contribution < -0.4 is 10.6 Å². The lowest BCUT2D eigenvalue weighted by molar-refractivity contribution is -0.0967. The van der Waals surface area contributed by atoms with Crippen molar-refractivity contribution in [1.29, 1.82) is 0 Å². The maximum absolute atomic E-state index is 12.6. The molecule has 1 aromatic carbocycles. The zero-order valence-corrected chi connectivity index (χ0v) is 11.5. The Morgan fingerprint density at radius 3 is 2.62 bits per heavy atom. The van der Waals surface area contributed by atoms with E-state index in [0.717, 1.165) is 17.2 Å². The van der Waals surface area contributed by atoms with Crippen LogP contribution in [0, 0.1) is 13.8 Å². The van der Waals surface area contributed by atoms with Gasteiger partial charge in [-0.15, -0.1) is 0 Å². The van der Waals surface area contributed by atoms with Crippen molar-refractivity contribution in [3.63, 3.8) is 0 Å². The number of nitrogens with one attached hydrogen (secondary N) is 2. The number of aliphatic imine (C=N–C) groups is 1. The van der Waals surface area contributed by atoms with Crippen molar-refractivity contribution < 1.29 is 18.0 Å². The predicted molar refractivity (Wildman–Crippen MR) is 73.0 cm³/mol. The Labute approximate surface area is 119 Å². The van der Waals surface area contributed by atoms with Gasteiger partial charge in [0, 0.05) is 11.6 Å². The predicted octanol–water partition coefficient (Wildman–Crippen LogP) is 2.44. The van der Waals surface area contributed by atoms with Gasteiger partial charge in [-0.05, 0) is 37.1 Å². The fourth-order valence-corrected chi connectivity index (χ4v) is 1.77. The molecular weight excluding hydrogens is 283 g/mol. The topological polar surface area (TPSA) is 53.5 Å². The second-order valence-corrected chi connectivity index (χ2v) is 4.69. The summed E-state index contributed by atoms with van der Waals surface area (Å²) < 4.78 is 37.7. The Morgan fingerprint density at radius 2 is 2.00 bits per heavy atom. The summed E-state index contributed by atoms with van der Waals surface area (Å²) in [7, 11) is 0. The van der Waals surface area contributed by atoms with Crippen molar-refractivity contribution in [2.75, 3.05) is 6.67 Å². The first kappa shape index (κ1) is 15.1. The normalized spacial score (nSPS) is 14.9. The molecule has 1 aromatic rings. The third kappa shape index (κ3) is 3.62. The summed E-state index contributed by atoms with van der Waals surface area (Å²) in [4.78, 5) is 15.8. The molecule has 1 aliphatic heterocycles. The fraction of sp³-hybridized carbons (Fsp3) is 0.286. The van der Waals surface area contributed by atoms with E-state index in [9.17, 15) is 18.0 Å². The zero-order chi connectivity index (χ0) is 15.6. The number of nitrogens with zero attached hydrogens (tertiary/aromatic N) is 1. The van der Waals surface area contributed by atoms with Crippen LogP contribution in [0.1, 0.15) is 21.5 Å². The molecule has 0 saturated heterocycles. The van der Waals surface area contributed by atoms with Crippen LogP contribution in [0.15, 0.2) is 35.0 Å². The van der Waals surface area contributed by atoms with Crippen LogP contribution in [0.25, 0.3) is 0 Å². The van der Waals surface area contributed by atoms with Crippen LogP contribution in [0.4, 0.5) is 13.2 Å². The van der Waals surface area contributed by atoms with E-state index in [0.29, 0.717) is 5.56 Å². The molecule has 0 fully saturated rings. The number of hydrogen-bond donors (Lipinski definition) is 2. The lowest BCUT2D eigenvalue weighted by Gasteiger charge is -2.18. The van der Waals surface area contributed by atoms with E-state index in [1.165, 1.54) is 0 Å². The summed E-state index contributed by atoms with van der Waals surface area (Å²) in [6, 6.07) is 5.08. The third-order valence-electron chi connectivity index (χ3n) is 3.12. The first-order valence-corrected chi connectivity index (χ1v) is 6.23. The highest BCUT2D eigenvalue weighted by Gasteiger charge is 2.35. The van der Waals surface area contributed by atoms with Gasteiger partial charge in [0.25, 0.3) is 5.91 Å². The number of allylic oxidation sites excluding steroid dienone is 1. The van der Waals surface area contributed by atoms with Crippen LogP contribution in [0.3, 0.4) is 0 Å². The summed E-state index contributed by atoms with van der Waals surface area (Å²) in [6.07, 6.45) is -3.71. The number of amides is 1. The molecular formula is C14H14F3N3O. The number of aryl methyl sites for hydroxylation is 2. The maximum atomic E-state index is 12.6. The van der Waals surface area contributed by atoms with E-state index < -0.39 is 17.8 Å². The summed E-state index contributed by atoms with van der Waals surface area (Å²) in [5.41, 5.74) is 1.42. The average molecular weight is 297 g/mol. The molecule has 0 atom stereocenters. The van der Waals surface area contributed by atoms with Crippen LogP contribution in [-0.2, 0) is 0 Å². The molecule has 0 aromatic heterocycles. The molecule has 1 aliphatic rings. The molecule has 0 spiro atoms. The van der Waals surface area contributed by atoms with Crippen LogP contribution >= 0.6 is 0 Å². The number of carbonyl (C=O) groups is 1. The number of hydrogen-bond acceptors (Lipinski definition) is 3. The molecule has 0 aliphatic carbocycles. The summed E-state index contributed by atoms with van der Waals surface area (Å²) in [5.74, 6) is -0.596. The quantitative estimate of drug-likeness (QED) is 0.836. The van der Waals surface area contributed by atoms with Crippen LogP contribution in [-0.4, -0.2) is 24.6 Å². The SMILES string of the molecule is Cc1ccc(C(=O)NC2=NCNC(C(F)(F)F)=C2)cc1C. The highest BCUT2D eigenvalue weighted by Crippen LogP contribution is 2.24. The van der Waals surface area contributed by atoms with E-state index in [1.54, 1.807) is 18.2 Å². The second kappa shape index (κ2) is 5.59. The van der Waals surface area contributed by atoms with Crippen molar-refractivity contribution in [2.24, 2.45) is 4.99 Å². The summed E-state index contributed by atoms with van der Waals surface area (Å²) in [5, 5.41) is 4.49. The lowest BCUT2D eigenvalue weighted by Crippen LogP contribution is -2.37. The molecule has 2 rings (SSSR count). The number of rotatable bonds is 1. The highest BCUT2D eigenvalue weighted by molar-refractivity contribution is 6.10. The second-order valence-electron chi connectivity index (χ2n) is 4.69. The molecule has 0 bridgehead atoms. The van der Waals surface area contributed by atoms with Gasteiger partial charge in [0.15, 0.2) is 0 Å². The molecule has 0 unspecified atom stereocenters. The van der Waals surface area contributed by atoms with Gasteiger partial charge in [-0.25, -0.2) is 4.99 Å². The minimum absolute atomic E-state index is 0.107. The summed E-state index contributed by atoms with van der Waals surface area (Å²) in [6.45, 7) is 3.54. The largest absolute Gasteiger partial charge is 0.431 e. The Kier molecular flexibility index (Phi) is 4.02. The van der Waals surface area contributed by atoms with E-state index in [2.05, 4.69) is 15.6 Å². The number of benzene rings is 1. The minimum Gasteiger partial charge on any atom is -0.362 e. The highest BCUT2D eigenvalue weighted by atomic mass is 19.4. The number of halogens is 3. The molecule has 1 amide bonds. The van der Waals surface area contributed by atoms with Crippen molar-refractivity contribution in [2.45, 2.75) is 20.0 Å². The van der Waals surface area contributed by atoms with Gasteiger partial charge in [-0.3, -0.25) is 4.79 Å². The summed E-state index contributed by atoms with van der Waals surface area (Å²) >= 11 is 0. The Balaban J connectivity index is 2.14. The van der Waals surface area contributed by atoms with E-state index >= 15 is 0 Å². The monoisotopic (exact) mass is 297 g/mol. The van der Waals surface area contributed by atoms with Crippen molar-refractivity contribution >= 4 is 11.7 Å². The molecule has 4 nitrogen and oxygen atoms in total. The van der Waals surface area contributed by atoms with Gasteiger partial charge in [0.05, 0.1) is 0 Å².